The van der Waals surface area contributed by atoms with Crippen LogP contribution in [0.25, 0.3) is 0 Å². The van der Waals surface area contributed by atoms with Crippen molar-refractivity contribution >= 4 is 13.7 Å². The molecule has 1 amide bonds. The van der Waals surface area contributed by atoms with Crippen molar-refractivity contribution in [3.05, 3.63) is 12.2 Å². The molecule has 0 saturated carbocycles. The second-order valence-electron chi connectivity index (χ2n) is 18.5. The van der Waals surface area contributed by atoms with Gasteiger partial charge in [-0.3, -0.25) is 9.36 Å². The molecule has 0 radical (unpaired) electrons. The van der Waals surface area contributed by atoms with Gasteiger partial charge in [0.1, 0.15) is 13.2 Å². The lowest BCUT2D eigenvalue weighted by atomic mass is 10.0. The molecule has 8 nitrogen and oxygen atoms in total. The zero-order valence-electron chi connectivity index (χ0n) is 39.3. The number of carbonyl (C=O) groups excluding carboxylic acids is 1. The summed E-state index contributed by atoms with van der Waals surface area (Å²) in [4.78, 5) is 25.1. The topological polar surface area (TPSA) is 108 Å². The molecule has 0 saturated heterocycles. The van der Waals surface area contributed by atoms with E-state index >= 15 is 0 Å². The number of phosphoric ester groups is 1. The molecule has 0 aliphatic rings. The smallest absolute Gasteiger partial charge is 0.268 e. The summed E-state index contributed by atoms with van der Waals surface area (Å²) in [6, 6.07) is -0.877. The lowest BCUT2D eigenvalue weighted by Crippen LogP contribution is -2.45. The van der Waals surface area contributed by atoms with Gasteiger partial charge in [0.05, 0.1) is 39.9 Å². The Labute approximate surface area is 361 Å². The molecule has 0 rings (SSSR count). The molecule has 2 N–H and O–H groups in total. The summed E-state index contributed by atoms with van der Waals surface area (Å²) in [5.74, 6) is -0.200. The largest absolute Gasteiger partial charge is 0.756 e. The van der Waals surface area contributed by atoms with Gasteiger partial charge in [0.15, 0.2) is 0 Å². The van der Waals surface area contributed by atoms with Crippen LogP contribution in [0.5, 0.6) is 0 Å². The van der Waals surface area contributed by atoms with Gasteiger partial charge in [-0.15, -0.1) is 0 Å². The third-order valence-corrected chi connectivity index (χ3v) is 12.5. The summed E-state index contributed by atoms with van der Waals surface area (Å²) < 4.78 is 23.0. The Balaban J connectivity index is 3.78. The maximum atomic E-state index is 12.8. The molecule has 3 unspecified atom stereocenters. The van der Waals surface area contributed by atoms with E-state index in [2.05, 4.69) is 19.2 Å². The van der Waals surface area contributed by atoms with E-state index in [4.69, 9.17) is 9.05 Å². The molecule has 3 atom stereocenters. The molecule has 0 aliphatic carbocycles. The molecule has 9 heteroatoms. The van der Waals surface area contributed by atoms with Crippen LogP contribution in [0, 0.1) is 0 Å². The molecule has 58 heavy (non-hydrogen) atoms. The van der Waals surface area contributed by atoms with Gasteiger partial charge in [0.2, 0.25) is 5.91 Å². The third kappa shape index (κ3) is 43.3. The fraction of sp³-hybridized carbons (Fsp3) is 0.939. The Morgan fingerprint density at radius 3 is 1.29 bits per heavy atom. The number of amides is 1. The number of unbranched alkanes of at least 4 members (excludes halogenated alkanes) is 33. The molecule has 0 heterocycles. The van der Waals surface area contributed by atoms with Crippen molar-refractivity contribution in [3.8, 4) is 0 Å². The van der Waals surface area contributed by atoms with Crippen LogP contribution in [0.2, 0.25) is 0 Å². The lowest BCUT2D eigenvalue weighted by Gasteiger charge is -2.29. The lowest BCUT2D eigenvalue weighted by molar-refractivity contribution is -0.870. The van der Waals surface area contributed by atoms with Crippen LogP contribution in [0.1, 0.15) is 245 Å². The SMILES string of the molecule is CCCCC/C=C/C(O)C(COP(=O)([O-])OCC[N+](C)(C)C)NC(=O)CCCCCCCCCCCCCCCCCCCCCCCCCCCCCCCCC. The van der Waals surface area contributed by atoms with Crippen LogP contribution < -0.4 is 10.2 Å². The number of allylic oxidation sites excluding steroid dienone is 1. The van der Waals surface area contributed by atoms with Gasteiger partial charge in [-0.2, -0.15) is 0 Å². The average Bonchev–Trinajstić information content (AvgIpc) is 3.17. The fourth-order valence-electron chi connectivity index (χ4n) is 7.51. The van der Waals surface area contributed by atoms with Crippen LogP contribution >= 0.6 is 7.82 Å². The van der Waals surface area contributed by atoms with Gasteiger partial charge in [-0.1, -0.05) is 231 Å². The van der Waals surface area contributed by atoms with Gasteiger partial charge >= 0.3 is 0 Å². The van der Waals surface area contributed by atoms with Crippen molar-refractivity contribution in [3.63, 3.8) is 0 Å². The number of phosphoric acid groups is 1. The Morgan fingerprint density at radius 1 is 0.586 bits per heavy atom. The molecule has 346 valence electrons. The van der Waals surface area contributed by atoms with E-state index in [1.165, 1.54) is 180 Å². The highest BCUT2D eigenvalue weighted by atomic mass is 31.2. The van der Waals surface area contributed by atoms with Crippen LogP contribution in [-0.2, 0) is 18.4 Å². The molecule has 0 bridgehead atoms. The normalized spacial score (nSPS) is 14.3. The summed E-state index contributed by atoms with van der Waals surface area (Å²) in [6.45, 7) is 4.55. The second-order valence-corrected chi connectivity index (χ2v) is 19.9. The van der Waals surface area contributed by atoms with Gasteiger partial charge in [0, 0.05) is 6.42 Å². The molecular weight excluding hydrogens is 744 g/mol. The quantitative estimate of drug-likeness (QED) is 0.0273. The summed E-state index contributed by atoms with van der Waals surface area (Å²) in [5, 5.41) is 13.6. The summed E-state index contributed by atoms with van der Waals surface area (Å²) in [5.41, 5.74) is 0. The molecule has 0 fully saturated rings. The van der Waals surface area contributed by atoms with Crippen molar-refractivity contribution in [1.82, 2.24) is 5.32 Å². The first-order valence-corrected chi connectivity index (χ1v) is 26.5. The Hall–Kier alpha value is -0.760. The van der Waals surface area contributed by atoms with E-state index in [0.717, 1.165) is 44.9 Å². The van der Waals surface area contributed by atoms with E-state index in [1.54, 1.807) is 6.08 Å². The second kappa shape index (κ2) is 41.6. The average molecular weight is 843 g/mol. The number of nitrogens with zero attached hydrogens (tertiary/aromatic N) is 1. The van der Waals surface area contributed by atoms with Crippen LogP contribution in [0.3, 0.4) is 0 Å². The molecular formula is C49H99N2O6P. The fourth-order valence-corrected chi connectivity index (χ4v) is 8.23. The van der Waals surface area contributed by atoms with Crippen molar-refractivity contribution in [2.75, 3.05) is 40.9 Å². The molecule has 0 aromatic heterocycles. The summed E-state index contributed by atoms with van der Waals surface area (Å²) in [6.07, 6.45) is 49.2. The zero-order valence-corrected chi connectivity index (χ0v) is 40.2. The minimum Gasteiger partial charge on any atom is -0.756 e. The first-order valence-electron chi connectivity index (χ1n) is 25.1. The minimum atomic E-state index is -4.57. The van der Waals surface area contributed by atoms with Crippen molar-refractivity contribution in [2.45, 2.75) is 257 Å². The molecule has 0 aromatic rings. The minimum absolute atomic E-state index is 0.000882. The first kappa shape index (κ1) is 57.2. The van der Waals surface area contributed by atoms with Gasteiger partial charge in [0.25, 0.3) is 7.82 Å². The van der Waals surface area contributed by atoms with Crippen molar-refractivity contribution < 1.29 is 32.9 Å². The van der Waals surface area contributed by atoms with Gasteiger partial charge in [-0.05, 0) is 19.3 Å². The van der Waals surface area contributed by atoms with Gasteiger partial charge in [-0.25, -0.2) is 0 Å². The number of hydrogen-bond acceptors (Lipinski definition) is 6. The van der Waals surface area contributed by atoms with Gasteiger partial charge < -0.3 is 28.8 Å². The predicted octanol–water partition coefficient (Wildman–Crippen LogP) is 13.7. The maximum absolute atomic E-state index is 12.8. The van der Waals surface area contributed by atoms with E-state index in [-0.39, 0.29) is 19.1 Å². The number of aliphatic hydroxyl groups excluding tert-OH is 1. The van der Waals surface area contributed by atoms with Crippen molar-refractivity contribution in [1.29, 1.82) is 0 Å². The number of hydrogen-bond donors (Lipinski definition) is 2. The van der Waals surface area contributed by atoms with Crippen LogP contribution in [0.4, 0.5) is 0 Å². The van der Waals surface area contributed by atoms with E-state index in [1.807, 2.05) is 27.2 Å². The van der Waals surface area contributed by atoms with E-state index in [9.17, 15) is 19.4 Å². The number of nitrogens with one attached hydrogen (secondary N) is 1. The molecule has 0 aliphatic heterocycles. The molecule has 0 spiro atoms. The Bertz CT molecular complexity index is 958. The summed E-state index contributed by atoms with van der Waals surface area (Å²) >= 11 is 0. The number of rotatable bonds is 46. The van der Waals surface area contributed by atoms with Crippen LogP contribution in [-0.4, -0.2) is 68.5 Å². The predicted molar refractivity (Wildman–Crippen MR) is 247 cm³/mol. The highest BCUT2D eigenvalue weighted by Crippen LogP contribution is 2.38. The van der Waals surface area contributed by atoms with E-state index in [0.29, 0.717) is 17.4 Å². The number of aliphatic hydroxyl groups is 1. The first-order chi connectivity index (χ1) is 28.0. The third-order valence-electron chi connectivity index (χ3n) is 11.5. The highest BCUT2D eigenvalue weighted by Gasteiger charge is 2.23. The number of likely N-dealkylation sites (N-methyl/N-ethyl adjacent to an activating group) is 1. The zero-order chi connectivity index (χ0) is 42.8. The Morgan fingerprint density at radius 2 is 0.931 bits per heavy atom. The Kier molecular flexibility index (Phi) is 41.0. The highest BCUT2D eigenvalue weighted by molar-refractivity contribution is 7.45. The molecule has 0 aromatic carbocycles. The number of carbonyl (C=O) groups is 1. The maximum Gasteiger partial charge on any atom is 0.268 e. The van der Waals surface area contributed by atoms with Crippen molar-refractivity contribution in [2.24, 2.45) is 0 Å². The van der Waals surface area contributed by atoms with E-state index < -0.39 is 20.0 Å². The monoisotopic (exact) mass is 843 g/mol. The van der Waals surface area contributed by atoms with Crippen LogP contribution in [0.15, 0.2) is 12.2 Å². The summed E-state index contributed by atoms with van der Waals surface area (Å²) in [7, 11) is 1.27. The number of quaternary nitrogens is 1. The standard InChI is InChI=1S/C49H99N2O6P/c1-6-8-10-12-13-14-15-16-17-18-19-20-21-22-23-24-25-26-27-28-29-30-31-32-33-34-35-36-37-39-41-43-49(53)50-47(48(52)42-40-38-11-9-7-2)46-57-58(54,55)56-45-44-51(3,4)5/h40,42,47-48,52H,6-39,41,43-46H2,1-5H3,(H-,50,53,54,55)/b42-40+.